The maximum absolute atomic E-state index is 11.5. The van der Waals surface area contributed by atoms with Crippen LogP contribution in [0.3, 0.4) is 0 Å². The number of carbonyl (C=O) groups excluding carboxylic acids is 1. The van der Waals surface area contributed by atoms with E-state index >= 15 is 0 Å². The number of nitrogens with zero attached hydrogens (tertiary/aromatic N) is 1. The molecule has 0 heterocycles. The number of carbonyl (C=O) groups is 1. The van der Waals surface area contributed by atoms with Crippen LogP contribution < -0.4 is 0 Å². The van der Waals surface area contributed by atoms with Gasteiger partial charge in [-0.05, 0) is 19.3 Å². The molecular weight excluding hydrogens is 186 g/mol. The summed E-state index contributed by atoms with van der Waals surface area (Å²) in [5.41, 5.74) is 1.01. The van der Waals surface area contributed by atoms with Crippen molar-refractivity contribution in [1.29, 1.82) is 0 Å². The molecule has 13 heavy (non-hydrogen) atoms. The minimum absolute atomic E-state index is 0. The van der Waals surface area contributed by atoms with Gasteiger partial charge < -0.3 is 4.90 Å². The van der Waals surface area contributed by atoms with E-state index in [0.29, 0.717) is 5.78 Å². The smallest absolute Gasteiger partial charge is 0.160 e. The number of rotatable bonds is 1. The number of Topliss-reactive ketones (excluding diaryl/α,β-unsaturated/α-hetero) is 1. The van der Waals surface area contributed by atoms with Crippen LogP contribution in [0.15, 0.2) is 11.8 Å². The molecule has 1 aliphatic rings. The average molecular weight is 204 g/mol. The maximum Gasteiger partial charge on any atom is 0.160 e. The zero-order valence-electron chi connectivity index (χ0n) is 8.38. The first kappa shape index (κ1) is 12.5. The Morgan fingerprint density at radius 2 is 1.77 bits per heavy atom. The van der Waals surface area contributed by atoms with Crippen molar-refractivity contribution in [2.45, 2.75) is 32.1 Å². The van der Waals surface area contributed by atoms with Crippen LogP contribution in [0.25, 0.3) is 0 Å². The normalized spacial score (nSPS) is 20.8. The molecule has 1 rings (SSSR count). The molecule has 0 aromatic heterocycles. The summed E-state index contributed by atoms with van der Waals surface area (Å²) >= 11 is 0. The molecule has 0 saturated heterocycles. The third-order valence-electron chi connectivity index (χ3n) is 2.12. The first-order chi connectivity index (χ1) is 5.70. The zero-order chi connectivity index (χ0) is 8.97. The summed E-state index contributed by atoms with van der Waals surface area (Å²) in [4.78, 5) is 13.4. The number of hydrogen-bond acceptors (Lipinski definition) is 2. The Bertz CT molecular complexity index is 199. The second kappa shape index (κ2) is 6.03. The minimum atomic E-state index is 0. The van der Waals surface area contributed by atoms with E-state index in [9.17, 15) is 4.79 Å². The number of allylic oxidation sites excluding steroid dienone is 1. The van der Waals surface area contributed by atoms with E-state index in [1.165, 1.54) is 12.8 Å². The van der Waals surface area contributed by atoms with E-state index in [1.807, 2.05) is 25.2 Å². The van der Waals surface area contributed by atoms with Gasteiger partial charge in [0.15, 0.2) is 5.78 Å². The molecule has 0 aromatic carbocycles. The van der Waals surface area contributed by atoms with Gasteiger partial charge in [0, 0.05) is 32.3 Å². The molecule has 76 valence electrons. The van der Waals surface area contributed by atoms with E-state index in [4.69, 9.17) is 0 Å². The first-order valence-corrected chi connectivity index (χ1v) is 4.60. The Balaban J connectivity index is 0.00000144. The van der Waals surface area contributed by atoms with Crippen molar-refractivity contribution < 1.29 is 4.79 Å². The molecule has 3 heteroatoms. The van der Waals surface area contributed by atoms with Crippen LogP contribution >= 0.6 is 12.4 Å². The van der Waals surface area contributed by atoms with Crippen LogP contribution in [0.4, 0.5) is 0 Å². The lowest BCUT2D eigenvalue weighted by Gasteiger charge is -2.08. The van der Waals surface area contributed by atoms with Crippen LogP contribution in [0.1, 0.15) is 32.1 Å². The molecule has 0 unspecified atom stereocenters. The maximum atomic E-state index is 11.5. The molecule has 0 N–H and O–H groups in total. The molecule has 1 aliphatic carbocycles. The van der Waals surface area contributed by atoms with Crippen molar-refractivity contribution >= 4 is 18.2 Å². The SMILES string of the molecule is CN(C)/C=C1\CCCCCC1=O.Cl. The average Bonchev–Trinajstić information content (AvgIpc) is 2.16. The van der Waals surface area contributed by atoms with E-state index in [-0.39, 0.29) is 12.4 Å². The van der Waals surface area contributed by atoms with Gasteiger partial charge in [0.05, 0.1) is 0 Å². The first-order valence-electron chi connectivity index (χ1n) is 4.60. The van der Waals surface area contributed by atoms with Gasteiger partial charge in [0.2, 0.25) is 0 Å². The van der Waals surface area contributed by atoms with Crippen molar-refractivity contribution in [1.82, 2.24) is 4.90 Å². The summed E-state index contributed by atoms with van der Waals surface area (Å²) in [5.74, 6) is 0.348. The van der Waals surface area contributed by atoms with Gasteiger partial charge in [-0.3, -0.25) is 4.79 Å². The van der Waals surface area contributed by atoms with Crippen LogP contribution in [0.2, 0.25) is 0 Å². The molecule has 0 aromatic rings. The third-order valence-corrected chi connectivity index (χ3v) is 2.12. The predicted molar refractivity (Wildman–Crippen MR) is 57.1 cm³/mol. The molecule has 0 amide bonds. The zero-order valence-corrected chi connectivity index (χ0v) is 9.19. The Hall–Kier alpha value is -0.500. The van der Waals surface area contributed by atoms with Crippen molar-refractivity contribution in [3.8, 4) is 0 Å². The third kappa shape index (κ3) is 4.32. The fraction of sp³-hybridized carbons (Fsp3) is 0.700. The molecule has 0 spiro atoms. The fourth-order valence-corrected chi connectivity index (χ4v) is 1.53. The quantitative estimate of drug-likeness (QED) is 0.482. The van der Waals surface area contributed by atoms with Crippen LogP contribution in [-0.2, 0) is 4.79 Å². The van der Waals surface area contributed by atoms with Gasteiger partial charge in [-0.25, -0.2) is 0 Å². The Morgan fingerprint density at radius 1 is 1.15 bits per heavy atom. The standard InChI is InChI=1S/C10H17NO.ClH/c1-11(2)8-9-6-4-3-5-7-10(9)12;/h8H,3-7H2,1-2H3;1H/b9-8+;. The largest absolute Gasteiger partial charge is 0.383 e. The molecule has 0 aliphatic heterocycles. The fourth-order valence-electron chi connectivity index (χ4n) is 1.53. The Kier molecular flexibility index (Phi) is 5.80. The molecule has 1 saturated carbocycles. The molecule has 1 fully saturated rings. The van der Waals surface area contributed by atoms with Crippen molar-refractivity contribution in [3.05, 3.63) is 11.8 Å². The second-order valence-electron chi connectivity index (χ2n) is 3.60. The predicted octanol–water partition coefficient (Wildman–Crippen LogP) is 2.39. The van der Waals surface area contributed by atoms with E-state index in [1.54, 1.807) is 0 Å². The second-order valence-corrected chi connectivity index (χ2v) is 3.60. The van der Waals surface area contributed by atoms with Crippen molar-refractivity contribution in [3.63, 3.8) is 0 Å². The summed E-state index contributed by atoms with van der Waals surface area (Å²) in [7, 11) is 3.93. The summed E-state index contributed by atoms with van der Waals surface area (Å²) in [6, 6.07) is 0. The van der Waals surface area contributed by atoms with Gasteiger partial charge in [-0.2, -0.15) is 0 Å². The van der Waals surface area contributed by atoms with E-state index in [0.717, 1.165) is 24.8 Å². The lowest BCUT2D eigenvalue weighted by atomic mass is 10.1. The minimum Gasteiger partial charge on any atom is -0.383 e. The summed E-state index contributed by atoms with van der Waals surface area (Å²) in [5, 5.41) is 0. The lowest BCUT2D eigenvalue weighted by molar-refractivity contribution is -0.115. The topological polar surface area (TPSA) is 20.3 Å². The number of hydrogen-bond donors (Lipinski definition) is 0. The van der Waals surface area contributed by atoms with E-state index in [2.05, 4.69) is 0 Å². The molecule has 0 bridgehead atoms. The molecule has 2 nitrogen and oxygen atoms in total. The van der Waals surface area contributed by atoms with Crippen LogP contribution in [-0.4, -0.2) is 24.8 Å². The van der Waals surface area contributed by atoms with Gasteiger partial charge >= 0.3 is 0 Å². The monoisotopic (exact) mass is 203 g/mol. The number of halogens is 1. The molecule has 0 atom stereocenters. The highest BCUT2D eigenvalue weighted by Gasteiger charge is 2.12. The van der Waals surface area contributed by atoms with Gasteiger partial charge in [0.25, 0.3) is 0 Å². The van der Waals surface area contributed by atoms with Gasteiger partial charge in [0.1, 0.15) is 0 Å². The lowest BCUT2D eigenvalue weighted by Crippen LogP contribution is -2.08. The Labute approximate surface area is 86.4 Å². The van der Waals surface area contributed by atoms with E-state index < -0.39 is 0 Å². The summed E-state index contributed by atoms with van der Waals surface area (Å²) in [6.07, 6.45) is 7.13. The van der Waals surface area contributed by atoms with Crippen LogP contribution in [0.5, 0.6) is 0 Å². The summed E-state index contributed by atoms with van der Waals surface area (Å²) in [6.45, 7) is 0. The van der Waals surface area contributed by atoms with Gasteiger partial charge in [-0.1, -0.05) is 6.42 Å². The molecule has 0 radical (unpaired) electrons. The highest BCUT2D eigenvalue weighted by Crippen LogP contribution is 2.19. The summed E-state index contributed by atoms with van der Waals surface area (Å²) < 4.78 is 0. The highest BCUT2D eigenvalue weighted by molar-refractivity contribution is 5.95. The Morgan fingerprint density at radius 3 is 2.38 bits per heavy atom. The highest BCUT2D eigenvalue weighted by atomic mass is 35.5. The van der Waals surface area contributed by atoms with Crippen LogP contribution in [0, 0.1) is 0 Å². The number of ketones is 1. The molecular formula is C10H18ClNO. The van der Waals surface area contributed by atoms with Gasteiger partial charge in [-0.15, -0.1) is 12.4 Å². The van der Waals surface area contributed by atoms with Crippen molar-refractivity contribution in [2.75, 3.05) is 14.1 Å². The van der Waals surface area contributed by atoms with Crippen molar-refractivity contribution in [2.24, 2.45) is 0 Å².